The number of aromatic nitrogens is 1. The van der Waals surface area contributed by atoms with Gasteiger partial charge < -0.3 is 0 Å². The van der Waals surface area contributed by atoms with Crippen LogP contribution in [-0.4, -0.2) is 35.8 Å². The molecule has 1 aliphatic heterocycles. The molecular weight excluding hydrogens is 360 g/mol. The molecule has 0 aliphatic carbocycles. The molecule has 140 valence electrons. The molecule has 0 saturated carbocycles. The molecule has 2 aromatic rings. The van der Waals surface area contributed by atoms with Crippen molar-refractivity contribution in [2.24, 2.45) is 0 Å². The van der Waals surface area contributed by atoms with Crippen molar-refractivity contribution in [1.29, 1.82) is 0 Å². The van der Waals surface area contributed by atoms with Gasteiger partial charge in [-0.1, -0.05) is 12.1 Å². The highest BCUT2D eigenvalue weighted by Crippen LogP contribution is 2.34. The summed E-state index contributed by atoms with van der Waals surface area (Å²) in [6.07, 6.45) is 1.35. The zero-order chi connectivity index (χ0) is 19.6. The molecule has 3 nitrogen and oxygen atoms in total. The number of benzene rings is 1. The van der Waals surface area contributed by atoms with Crippen molar-refractivity contribution >= 4 is 17.9 Å². The van der Waals surface area contributed by atoms with E-state index in [2.05, 4.69) is 4.98 Å². The fourth-order valence-electron chi connectivity index (χ4n) is 2.96. The normalized spacial score (nSPS) is 19.1. The summed E-state index contributed by atoms with van der Waals surface area (Å²) in [7, 11) is 1.77. The van der Waals surface area contributed by atoms with Crippen LogP contribution in [0.5, 0.6) is 0 Å². The van der Waals surface area contributed by atoms with Crippen molar-refractivity contribution in [1.82, 2.24) is 9.88 Å². The number of alkyl halides is 3. The minimum Gasteiger partial charge on any atom is -0.298 e. The first-order valence-corrected chi connectivity index (χ1v) is 8.15. The molecule has 3 rings (SSSR count). The van der Waals surface area contributed by atoms with Crippen LogP contribution in [0.3, 0.4) is 0 Å². The number of halogens is 4. The van der Waals surface area contributed by atoms with Gasteiger partial charge >= 0.3 is 6.18 Å². The van der Waals surface area contributed by atoms with Crippen molar-refractivity contribution in [3.8, 4) is 0 Å². The molecule has 1 aromatic carbocycles. The zero-order valence-corrected chi connectivity index (χ0v) is 14.4. The predicted octanol–water partition coefficient (Wildman–Crippen LogP) is 4.22. The summed E-state index contributed by atoms with van der Waals surface area (Å²) in [4.78, 5) is 18.6. The van der Waals surface area contributed by atoms with Gasteiger partial charge in [0.05, 0.1) is 5.56 Å². The summed E-state index contributed by atoms with van der Waals surface area (Å²) >= 11 is 0. The first-order chi connectivity index (χ1) is 12.7. The van der Waals surface area contributed by atoms with Gasteiger partial charge in [-0.3, -0.25) is 14.7 Å². The lowest BCUT2D eigenvalue weighted by molar-refractivity contribution is -0.138. The van der Waals surface area contributed by atoms with Gasteiger partial charge in [-0.25, -0.2) is 4.39 Å². The van der Waals surface area contributed by atoms with Gasteiger partial charge in [0.2, 0.25) is 0 Å². The minimum atomic E-state index is -4.72. The summed E-state index contributed by atoms with van der Waals surface area (Å²) in [6, 6.07) is 5.94. The molecule has 2 heterocycles. The van der Waals surface area contributed by atoms with Crippen molar-refractivity contribution in [2.45, 2.75) is 6.18 Å². The van der Waals surface area contributed by atoms with Crippen molar-refractivity contribution in [2.75, 3.05) is 20.1 Å². The maximum atomic E-state index is 13.3. The van der Waals surface area contributed by atoms with E-state index in [1.54, 1.807) is 37.7 Å². The molecule has 0 radical (unpaired) electrons. The quantitative estimate of drug-likeness (QED) is 0.581. The van der Waals surface area contributed by atoms with Gasteiger partial charge in [0, 0.05) is 36.6 Å². The van der Waals surface area contributed by atoms with E-state index in [0.29, 0.717) is 18.2 Å². The average Bonchev–Trinajstić information content (AvgIpc) is 2.60. The number of hydrogen-bond acceptors (Lipinski definition) is 3. The van der Waals surface area contributed by atoms with E-state index < -0.39 is 17.6 Å². The number of carbonyl (C=O) groups is 1. The highest BCUT2D eigenvalue weighted by Gasteiger charge is 2.34. The SMILES string of the molecule is CN1C/C(=C\c2cccnc2)C(=O)/C(=C/c2ccc(F)cc2C(F)(F)F)C1. The Bertz CT molecular complexity index is 917. The van der Waals surface area contributed by atoms with Gasteiger partial charge in [0.25, 0.3) is 0 Å². The summed E-state index contributed by atoms with van der Waals surface area (Å²) in [5, 5.41) is 0. The maximum absolute atomic E-state index is 13.3. The topological polar surface area (TPSA) is 33.2 Å². The lowest BCUT2D eigenvalue weighted by Crippen LogP contribution is -2.34. The Morgan fingerprint density at radius 2 is 1.81 bits per heavy atom. The number of pyridine rings is 1. The Hall–Kier alpha value is -2.80. The Balaban J connectivity index is 2.02. The van der Waals surface area contributed by atoms with Gasteiger partial charge in [0.15, 0.2) is 5.78 Å². The molecule has 0 spiro atoms. The predicted molar refractivity (Wildman–Crippen MR) is 94.1 cm³/mol. The molecule has 1 aromatic heterocycles. The fraction of sp³-hybridized carbons (Fsp3) is 0.200. The number of piperidine rings is 1. The second-order valence-corrected chi connectivity index (χ2v) is 6.36. The van der Waals surface area contributed by atoms with E-state index >= 15 is 0 Å². The smallest absolute Gasteiger partial charge is 0.298 e. The number of carbonyl (C=O) groups excluding carboxylic acids is 1. The molecule has 0 atom stereocenters. The summed E-state index contributed by atoms with van der Waals surface area (Å²) in [5.74, 6) is -1.30. The molecular formula is C20H16F4N2O. The number of ketones is 1. The number of likely N-dealkylation sites (N-methyl/N-ethyl adjacent to an activating group) is 1. The van der Waals surface area contributed by atoms with E-state index in [1.165, 1.54) is 6.08 Å². The van der Waals surface area contributed by atoms with E-state index in [1.807, 2.05) is 4.90 Å². The van der Waals surface area contributed by atoms with Crippen LogP contribution in [-0.2, 0) is 11.0 Å². The molecule has 0 bridgehead atoms. The molecule has 1 fully saturated rings. The number of hydrogen-bond donors (Lipinski definition) is 0. The molecule has 0 amide bonds. The highest BCUT2D eigenvalue weighted by molar-refractivity contribution is 6.14. The van der Waals surface area contributed by atoms with Crippen LogP contribution >= 0.6 is 0 Å². The second-order valence-electron chi connectivity index (χ2n) is 6.36. The van der Waals surface area contributed by atoms with Gasteiger partial charge in [-0.15, -0.1) is 0 Å². The van der Waals surface area contributed by atoms with Crippen LogP contribution in [0.1, 0.15) is 16.7 Å². The molecule has 1 aliphatic rings. The Morgan fingerprint density at radius 1 is 1.11 bits per heavy atom. The van der Waals surface area contributed by atoms with E-state index in [4.69, 9.17) is 0 Å². The Labute approximate surface area is 153 Å². The van der Waals surface area contributed by atoms with Crippen LogP contribution in [0.15, 0.2) is 53.9 Å². The van der Waals surface area contributed by atoms with Gasteiger partial charge in [0.1, 0.15) is 5.82 Å². The Morgan fingerprint density at radius 3 is 2.44 bits per heavy atom. The summed E-state index contributed by atoms with van der Waals surface area (Å²) in [5.41, 5.74) is 0.0695. The van der Waals surface area contributed by atoms with E-state index in [0.717, 1.165) is 17.7 Å². The summed E-state index contributed by atoms with van der Waals surface area (Å²) in [6.45, 7) is 0.582. The lowest BCUT2D eigenvalue weighted by Gasteiger charge is -2.26. The fourth-order valence-corrected chi connectivity index (χ4v) is 2.96. The van der Waals surface area contributed by atoms with Crippen molar-refractivity contribution in [3.05, 3.63) is 76.4 Å². The first kappa shape index (κ1) is 19.0. The number of nitrogens with zero attached hydrogens (tertiary/aromatic N) is 2. The zero-order valence-electron chi connectivity index (χ0n) is 14.4. The second kappa shape index (κ2) is 7.44. The Kier molecular flexibility index (Phi) is 5.23. The van der Waals surface area contributed by atoms with Crippen LogP contribution in [0.2, 0.25) is 0 Å². The third kappa shape index (κ3) is 4.49. The third-order valence-corrected chi connectivity index (χ3v) is 4.14. The standard InChI is InChI=1S/C20H16F4N2O/c1-26-11-15(7-13-3-2-6-25-10-13)19(27)16(12-26)8-14-4-5-17(21)9-18(14)20(22,23)24/h2-10H,11-12H2,1H3/b15-7+,16-8+. The van der Waals surface area contributed by atoms with E-state index in [-0.39, 0.29) is 23.5 Å². The number of likely N-dealkylation sites (tertiary alicyclic amines) is 1. The monoisotopic (exact) mass is 376 g/mol. The van der Waals surface area contributed by atoms with Gasteiger partial charge in [-0.05, 0) is 48.5 Å². The first-order valence-electron chi connectivity index (χ1n) is 8.15. The largest absolute Gasteiger partial charge is 0.417 e. The van der Waals surface area contributed by atoms with Crippen LogP contribution in [0.4, 0.5) is 17.6 Å². The lowest BCUT2D eigenvalue weighted by atomic mass is 9.93. The minimum absolute atomic E-state index is 0.206. The number of rotatable bonds is 2. The van der Waals surface area contributed by atoms with E-state index in [9.17, 15) is 22.4 Å². The van der Waals surface area contributed by atoms with Crippen molar-refractivity contribution < 1.29 is 22.4 Å². The van der Waals surface area contributed by atoms with Crippen LogP contribution in [0, 0.1) is 5.82 Å². The molecule has 1 saturated heterocycles. The molecule has 7 heteroatoms. The number of Topliss-reactive ketones (excluding diaryl/α,β-unsaturated/α-hetero) is 1. The molecule has 27 heavy (non-hydrogen) atoms. The third-order valence-electron chi connectivity index (χ3n) is 4.14. The highest BCUT2D eigenvalue weighted by atomic mass is 19.4. The summed E-state index contributed by atoms with van der Waals surface area (Å²) < 4.78 is 52.9. The van der Waals surface area contributed by atoms with Gasteiger partial charge in [-0.2, -0.15) is 13.2 Å². The average molecular weight is 376 g/mol. The molecule has 0 unspecified atom stereocenters. The van der Waals surface area contributed by atoms with Crippen LogP contribution < -0.4 is 0 Å². The maximum Gasteiger partial charge on any atom is 0.417 e. The molecule has 0 N–H and O–H groups in total. The van der Waals surface area contributed by atoms with Crippen LogP contribution in [0.25, 0.3) is 12.2 Å². The van der Waals surface area contributed by atoms with Crippen molar-refractivity contribution in [3.63, 3.8) is 0 Å².